The highest BCUT2D eigenvalue weighted by molar-refractivity contribution is 7.89. The maximum absolute atomic E-state index is 12.8. The third-order valence-electron chi connectivity index (χ3n) is 4.12. The molecule has 0 saturated carbocycles. The Kier molecular flexibility index (Phi) is 7.56. The van der Waals surface area contributed by atoms with Crippen LogP contribution in [0.1, 0.15) is 44.5 Å². The van der Waals surface area contributed by atoms with E-state index in [0.717, 1.165) is 0 Å². The van der Waals surface area contributed by atoms with Gasteiger partial charge in [-0.15, -0.1) is 0 Å². The second-order valence-electron chi connectivity index (χ2n) is 7.15. The van der Waals surface area contributed by atoms with Gasteiger partial charge in [0.1, 0.15) is 0 Å². The van der Waals surface area contributed by atoms with Crippen LogP contribution in [0.15, 0.2) is 29.2 Å². The number of ether oxygens (including phenoxy) is 2. The summed E-state index contributed by atoms with van der Waals surface area (Å²) in [6.45, 7) is 7.91. The Bertz CT molecular complexity index is 781. The van der Waals surface area contributed by atoms with E-state index < -0.39 is 10.0 Å². The van der Waals surface area contributed by atoms with Gasteiger partial charge in [-0.1, -0.05) is 0 Å². The summed E-state index contributed by atoms with van der Waals surface area (Å²) in [6, 6.07) is 5.76. The highest BCUT2D eigenvalue weighted by Gasteiger charge is 2.32. The van der Waals surface area contributed by atoms with E-state index in [4.69, 9.17) is 9.47 Å². The monoisotopic (exact) mass is 412 g/mol. The predicted molar refractivity (Wildman–Crippen MR) is 103 cm³/mol. The summed E-state index contributed by atoms with van der Waals surface area (Å²) < 4.78 is 37.6. The molecule has 1 N–H and O–H groups in total. The van der Waals surface area contributed by atoms with Crippen molar-refractivity contribution in [3.63, 3.8) is 0 Å². The average Bonchev–Trinajstić information content (AvgIpc) is 2.60. The van der Waals surface area contributed by atoms with Crippen LogP contribution in [0.5, 0.6) is 0 Å². The molecule has 0 bridgehead atoms. The smallest absolute Gasteiger partial charge is 0.307 e. The standard InChI is InChI=1S/C19H28N2O6S/c1-13(2)26-18(22)9-10-20-19(23)16-5-7-17(8-6-16)28(24,25)21-11-14(3)27-15(4)12-21/h5-8,13-15H,9-12H2,1-4H3,(H,20,23). The van der Waals surface area contributed by atoms with Crippen LogP contribution in [0.2, 0.25) is 0 Å². The van der Waals surface area contributed by atoms with Crippen molar-refractivity contribution in [3.8, 4) is 0 Å². The van der Waals surface area contributed by atoms with Crippen molar-refractivity contribution in [2.75, 3.05) is 19.6 Å². The van der Waals surface area contributed by atoms with Crippen LogP contribution in [0.25, 0.3) is 0 Å². The Morgan fingerprint density at radius 2 is 1.75 bits per heavy atom. The van der Waals surface area contributed by atoms with Crippen LogP contribution < -0.4 is 5.32 Å². The first-order valence-electron chi connectivity index (χ1n) is 9.33. The molecule has 1 heterocycles. The number of hydrogen-bond acceptors (Lipinski definition) is 6. The zero-order chi connectivity index (χ0) is 20.9. The number of carbonyl (C=O) groups excluding carboxylic acids is 2. The number of hydrogen-bond donors (Lipinski definition) is 1. The molecule has 1 aliphatic heterocycles. The summed E-state index contributed by atoms with van der Waals surface area (Å²) in [6.07, 6.45) is -0.476. The fourth-order valence-corrected chi connectivity index (χ4v) is 4.55. The van der Waals surface area contributed by atoms with E-state index in [1.165, 1.54) is 28.6 Å². The van der Waals surface area contributed by atoms with Crippen molar-refractivity contribution in [3.05, 3.63) is 29.8 Å². The summed E-state index contributed by atoms with van der Waals surface area (Å²) in [7, 11) is -3.65. The molecule has 0 aromatic heterocycles. The van der Waals surface area contributed by atoms with Crippen molar-refractivity contribution in [2.24, 2.45) is 0 Å². The molecule has 2 unspecified atom stereocenters. The molecular weight excluding hydrogens is 384 g/mol. The van der Waals surface area contributed by atoms with Crippen molar-refractivity contribution in [1.82, 2.24) is 9.62 Å². The SMILES string of the molecule is CC(C)OC(=O)CCNC(=O)c1ccc(S(=O)(=O)N2CC(C)OC(C)C2)cc1. The first-order valence-corrected chi connectivity index (χ1v) is 10.8. The van der Waals surface area contributed by atoms with Gasteiger partial charge in [-0.2, -0.15) is 4.31 Å². The first-order chi connectivity index (χ1) is 13.1. The lowest BCUT2D eigenvalue weighted by molar-refractivity contribution is -0.147. The quantitative estimate of drug-likeness (QED) is 0.682. The van der Waals surface area contributed by atoms with Crippen LogP contribution in [0.3, 0.4) is 0 Å². The maximum Gasteiger partial charge on any atom is 0.307 e. The average molecular weight is 413 g/mol. The molecule has 8 nitrogen and oxygen atoms in total. The van der Waals surface area contributed by atoms with Gasteiger partial charge in [0.15, 0.2) is 0 Å². The minimum Gasteiger partial charge on any atom is -0.463 e. The molecule has 1 aromatic carbocycles. The number of esters is 1. The van der Waals surface area contributed by atoms with Crippen molar-refractivity contribution in [1.29, 1.82) is 0 Å². The van der Waals surface area contributed by atoms with E-state index in [9.17, 15) is 18.0 Å². The molecule has 1 amide bonds. The molecule has 28 heavy (non-hydrogen) atoms. The minimum absolute atomic E-state index is 0.0732. The van der Waals surface area contributed by atoms with Crippen molar-refractivity contribution in [2.45, 2.75) is 57.3 Å². The van der Waals surface area contributed by atoms with Crippen LogP contribution in [0.4, 0.5) is 0 Å². The summed E-state index contributed by atoms with van der Waals surface area (Å²) in [4.78, 5) is 23.8. The predicted octanol–water partition coefficient (Wildman–Crippen LogP) is 1.56. The van der Waals surface area contributed by atoms with Crippen LogP contribution in [-0.2, 0) is 24.3 Å². The molecule has 0 aliphatic carbocycles. The number of rotatable bonds is 7. The molecule has 2 rings (SSSR count). The third kappa shape index (κ3) is 6.02. The number of carbonyl (C=O) groups is 2. The Hall–Kier alpha value is -1.97. The summed E-state index contributed by atoms with van der Waals surface area (Å²) in [5, 5.41) is 2.62. The van der Waals surface area contributed by atoms with E-state index in [0.29, 0.717) is 18.7 Å². The maximum atomic E-state index is 12.8. The van der Waals surface area contributed by atoms with Gasteiger partial charge in [0.05, 0.1) is 29.6 Å². The lowest BCUT2D eigenvalue weighted by Crippen LogP contribution is -2.48. The molecule has 1 saturated heterocycles. The van der Waals surface area contributed by atoms with Gasteiger partial charge >= 0.3 is 5.97 Å². The molecule has 0 spiro atoms. The Balaban J connectivity index is 1.96. The zero-order valence-electron chi connectivity index (χ0n) is 16.7. The van der Waals surface area contributed by atoms with Gasteiger partial charge in [0.25, 0.3) is 5.91 Å². The number of nitrogens with one attached hydrogen (secondary N) is 1. The van der Waals surface area contributed by atoms with Gasteiger partial charge in [-0.25, -0.2) is 8.42 Å². The number of amides is 1. The van der Waals surface area contributed by atoms with Gasteiger partial charge in [-0.3, -0.25) is 9.59 Å². The highest BCUT2D eigenvalue weighted by atomic mass is 32.2. The van der Waals surface area contributed by atoms with Crippen LogP contribution in [-0.4, -0.2) is 62.5 Å². The third-order valence-corrected chi connectivity index (χ3v) is 5.97. The lowest BCUT2D eigenvalue weighted by Gasteiger charge is -2.34. The molecule has 1 aromatic rings. The highest BCUT2D eigenvalue weighted by Crippen LogP contribution is 2.21. The fraction of sp³-hybridized carbons (Fsp3) is 0.579. The second-order valence-corrected chi connectivity index (χ2v) is 9.09. The normalized spacial score (nSPS) is 20.8. The Labute approximate surface area is 166 Å². The van der Waals surface area contributed by atoms with E-state index in [-0.39, 0.29) is 48.0 Å². The van der Waals surface area contributed by atoms with Gasteiger partial charge < -0.3 is 14.8 Å². The Morgan fingerprint density at radius 1 is 1.18 bits per heavy atom. The van der Waals surface area contributed by atoms with Crippen molar-refractivity contribution >= 4 is 21.9 Å². The van der Waals surface area contributed by atoms with Gasteiger partial charge in [-0.05, 0) is 52.0 Å². The van der Waals surface area contributed by atoms with E-state index in [1.54, 1.807) is 13.8 Å². The topological polar surface area (TPSA) is 102 Å². The lowest BCUT2D eigenvalue weighted by atomic mass is 10.2. The van der Waals surface area contributed by atoms with Crippen LogP contribution in [0, 0.1) is 0 Å². The van der Waals surface area contributed by atoms with E-state index in [1.807, 2.05) is 13.8 Å². The Morgan fingerprint density at radius 3 is 2.29 bits per heavy atom. The zero-order valence-corrected chi connectivity index (χ0v) is 17.5. The summed E-state index contributed by atoms with van der Waals surface area (Å²) in [5.41, 5.74) is 0.319. The van der Waals surface area contributed by atoms with Crippen molar-refractivity contribution < 1.29 is 27.5 Å². The molecule has 9 heteroatoms. The largest absolute Gasteiger partial charge is 0.463 e. The molecular formula is C19H28N2O6S. The molecule has 1 fully saturated rings. The number of nitrogens with zero attached hydrogens (tertiary/aromatic N) is 1. The number of morpholine rings is 1. The number of sulfonamides is 1. The summed E-state index contributed by atoms with van der Waals surface area (Å²) in [5.74, 6) is -0.763. The summed E-state index contributed by atoms with van der Waals surface area (Å²) >= 11 is 0. The van der Waals surface area contributed by atoms with Gasteiger partial charge in [0, 0.05) is 25.2 Å². The second kappa shape index (κ2) is 9.49. The number of benzene rings is 1. The van der Waals surface area contributed by atoms with E-state index in [2.05, 4.69) is 5.32 Å². The molecule has 2 atom stereocenters. The molecule has 1 aliphatic rings. The van der Waals surface area contributed by atoms with Gasteiger partial charge in [0.2, 0.25) is 10.0 Å². The first kappa shape index (κ1) is 22.3. The molecule has 156 valence electrons. The van der Waals surface area contributed by atoms with E-state index >= 15 is 0 Å². The fourth-order valence-electron chi connectivity index (χ4n) is 2.96. The van der Waals surface area contributed by atoms with Crippen LogP contribution >= 0.6 is 0 Å². The molecule has 0 radical (unpaired) electrons. The minimum atomic E-state index is -3.65.